The van der Waals surface area contributed by atoms with Crippen molar-refractivity contribution in [2.75, 3.05) is 40.3 Å². The molecule has 0 bridgehead atoms. The van der Waals surface area contributed by atoms with E-state index in [0.717, 1.165) is 19.5 Å². The number of esters is 1. The van der Waals surface area contributed by atoms with Crippen molar-refractivity contribution >= 4 is 5.97 Å². The van der Waals surface area contributed by atoms with Crippen LogP contribution in [0.3, 0.4) is 0 Å². The molecule has 0 spiro atoms. The molecule has 3 atom stereocenters. The zero-order valence-corrected chi connectivity index (χ0v) is 12.3. The fraction of sp³-hybridized carbons (Fsp3) is 0.929. The molecule has 3 unspecified atom stereocenters. The first-order chi connectivity index (χ1) is 8.94. The minimum absolute atomic E-state index is 0.368. The summed E-state index contributed by atoms with van der Waals surface area (Å²) in [7, 11) is 3.52. The van der Waals surface area contributed by atoms with Crippen LogP contribution in [-0.4, -0.2) is 72.9 Å². The molecule has 0 aromatic carbocycles. The van der Waals surface area contributed by atoms with Crippen LogP contribution in [0.25, 0.3) is 0 Å². The molecule has 2 aliphatic rings. The average molecular weight is 270 g/mol. The fourth-order valence-electron chi connectivity index (χ4n) is 3.59. The molecule has 2 rings (SSSR count). The van der Waals surface area contributed by atoms with Gasteiger partial charge in [0.05, 0.1) is 7.11 Å². The van der Waals surface area contributed by atoms with Crippen LogP contribution in [0.5, 0.6) is 0 Å². The average Bonchev–Trinajstić information content (AvgIpc) is 2.37. The number of piperidine rings is 2. The lowest BCUT2D eigenvalue weighted by molar-refractivity contribution is -0.163. The van der Waals surface area contributed by atoms with Crippen LogP contribution in [0, 0.1) is 5.92 Å². The van der Waals surface area contributed by atoms with Gasteiger partial charge in [0.2, 0.25) is 0 Å². The summed E-state index contributed by atoms with van der Waals surface area (Å²) >= 11 is 0. The number of methoxy groups -OCH3 is 1. The van der Waals surface area contributed by atoms with Crippen molar-refractivity contribution in [3.63, 3.8) is 0 Å². The summed E-state index contributed by atoms with van der Waals surface area (Å²) in [6.45, 7) is 5.02. The van der Waals surface area contributed by atoms with Gasteiger partial charge in [-0.2, -0.15) is 0 Å². The Balaban J connectivity index is 1.92. The smallest absolute Gasteiger partial charge is 0.338 e. The second kappa shape index (κ2) is 5.77. The number of fused-ring (bicyclic) bond motifs is 1. The highest BCUT2D eigenvalue weighted by Gasteiger charge is 2.39. The van der Waals surface area contributed by atoms with Gasteiger partial charge < -0.3 is 14.7 Å². The molecule has 19 heavy (non-hydrogen) atoms. The van der Waals surface area contributed by atoms with Crippen molar-refractivity contribution in [1.29, 1.82) is 0 Å². The lowest BCUT2D eigenvalue weighted by Crippen LogP contribution is -2.56. The third-order valence-corrected chi connectivity index (χ3v) is 4.59. The summed E-state index contributed by atoms with van der Waals surface area (Å²) in [5.74, 6) is 0.122. The number of ether oxygens (including phenoxy) is 1. The Kier molecular flexibility index (Phi) is 4.48. The van der Waals surface area contributed by atoms with E-state index in [0.29, 0.717) is 18.5 Å². The molecular weight excluding hydrogens is 244 g/mol. The molecule has 0 saturated carbocycles. The molecule has 1 N–H and O–H groups in total. The molecule has 5 heteroatoms. The van der Waals surface area contributed by atoms with E-state index in [1.807, 2.05) is 0 Å². The summed E-state index contributed by atoms with van der Waals surface area (Å²) in [6.07, 6.45) is 3.63. The zero-order valence-electron chi connectivity index (χ0n) is 12.3. The van der Waals surface area contributed by atoms with Gasteiger partial charge in [0.25, 0.3) is 0 Å². The number of aliphatic hydroxyl groups is 1. The Labute approximate surface area is 115 Å². The second-order valence-corrected chi connectivity index (χ2v) is 6.24. The van der Waals surface area contributed by atoms with E-state index in [2.05, 4.69) is 21.6 Å². The molecule has 2 saturated heterocycles. The topological polar surface area (TPSA) is 53.0 Å². The minimum Gasteiger partial charge on any atom is -0.467 e. The van der Waals surface area contributed by atoms with Crippen molar-refractivity contribution < 1.29 is 14.6 Å². The Bertz CT molecular complexity index is 333. The van der Waals surface area contributed by atoms with Crippen molar-refractivity contribution in [3.8, 4) is 0 Å². The van der Waals surface area contributed by atoms with E-state index < -0.39 is 11.6 Å². The van der Waals surface area contributed by atoms with Crippen LogP contribution in [-0.2, 0) is 9.53 Å². The van der Waals surface area contributed by atoms with Crippen LogP contribution >= 0.6 is 0 Å². The molecule has 2 heterocycles. The lowest BCUT2D eigenvalue weighted by atomic mass is 9.84. The molecule has 2 aliphatic heterocycles. The fourth-order valence-corrected chi connectivity index (χ4v) is 3.59. The predicted octanol–water partition coefficient (Wildman–Crippen LogP) is 0.327. The van der Waals surface area contributed by atoms with E-state index in [9.17, 15) is 9.90 Å². The molecule has 5 nitrogen and oxygen atoms in total. The highest BCUT2D eigenvalue weighted by molar-refractivity contribution is 5.78. The van der Waals surface area contributed by atoms with Gasteiger partial charge in [0.15, 0.2) is 5.60 Å². The third-order valence-electron chi connectivity index (χ3n) is 4.59. The number of hydrogen-bond acceptors (Lipinski definition) is 5. The Morgan fingerprint density at radius 1 is 1.42 bits per heavy atom. The summed E-state index contributed by atoms with van der Waals surface area (Å²) in [5, 5.41) is 10.2. The molecule has 0 amide bonds. The van der Waals surface area contributed by atoms with Crippen LogP contribution < -0.4 is 0 Å². The number of nitrogens with zero attached hydrogens (tertiary/aromatic N) is 2. The van der Waals surface area contributed by atoms with Gasteiger partial charge in [-0.15, -0.1) is 0 Å². The van der Waals surface area contributed by atoms with Crippen LogP contribution in [0.1, 0.15) is 26.2 Å². The lowest BCUT2D eigenvalue weighted by Gasteiger charge is -2.46. The SMILES string of the molecule is COC(=O)C(C)(O)CN1CCC2C(CCCN2C)C1. The van der Waals surface area contributed by atoms with E-state index in [4.69, 9.17) is 0 Å². The zero-order chi connectivity index (χ0) is 14.0. The van der Waals surface area contributed by atoms with Crippen molar-refractivity contribution in [3.05, 3.63) is 0 Å². The summed E-state index contributed by atoms with van der Waals surface area (Å²) in [4.78, 5) is 16.2. The molecule has 110 valence electrons. The molecule has 0 aromatic rings. The standard InChI is InChI=1S/C14H26N2O3/c1-14(18,13(17)19-3)10-16-8-6-12-11(9-16)5-4-7-15(12)2/h11-12,18H,4-10H2,1-3H3. The van der Waals surface area contributed by atoms with Crippen molar-refractivity contribution in [2.24, 2.45) is 5.92 Å². The molecule has 2 fully saturated rings. The highest BCUT2D eigenvalue weighted by atomic mass is 16.5. The second-order valence-electron chi connectivity index (χ2n) is 6.24. The molecular formula is C14H26N2O3. The van der Waals surface area contributed by atoms with Gasteiger partial charge in [-0.1, -0.05) is 0 Å². The van der Waals surface area contributed by atoms with E-state index >= 15 is 0 Å². The molecule has 0 radical (unpaired) electrons. The Morgan fingerprint density at radius 3 is 2.84 bits per heavy atom. The summed E-state index contributed by atoms with van der Waals surface area (Å²) < 4.78 is 4.66. The quantitative estimate of drug-likeness (QED) is 0.749. The van der Waals surface area contributed by atoms with Crippen LogP contribution in [0.15, 0.2) is 0 Å². The largest absolute Gasteiger partial charge is 0.467 e. The Hall–Kier alpha value is -0.650. The number of likely N-dealkylation sites (tertiary alicyclic amines) is 2. The van der Waals surface area contributed by atoms with Crippen LogP contribution in [0.4, 0.5) is 0 Å². The Morgan fingerprint density at radius 2 is 2.16 bits per heavy atom. The first kappa shape index (κ1) is 14.8. The first-order valence-corrected chi connectivity index (χ1v) is 7.17. The highest BCUT2D eigenvalue weighted by Crippen LogP contribution is 2.30. The monoisotopic (exact) mass is 270 g/mol. The normalized spacial score (nSPS) is 32.4. The van der Waals surface area contributed by atoms with Gasteiger partial charge in [0, 0.05) is 19.1 Å². The summed E-state index contributed by atoms with van der Waals surface area (Å²) in [5.41, 5.74) is -1.40. The maximum atomic E-state index is 11.5. The maximum absolute atomic E-state index is 11.5. The molecule has 0 aromatic heterocycles. The number of rotatable bonds is 3. The first-order valence-electron chi connectivity index (χ1n) is 7.17. The van der Waals surface area contributed by atoms with Gasteiger partial charge in [-0.3, -0.25) is 4.90 Å². The van der Waals surface area contributed by atoms with Gasteiger partial charge in [-0.05, 0) is 52.2 Å². The van der Waals surface area contributed by atoms with Gasteiger partial charge in [0.1, 0.15) is 0 Å². The van der Waals surface area contributed by atoms with E-state index in [1.165, 1.54) is 33.4 Å². The molecule has 0 aliphatic carbocycles. The third kappa shape index (κ3) is 3.27. The van der Waals surface area contributed by atoms with E-state index in [-0.39, 0.29) is 0 Å². The van der Waals surface area contributed by atoms with Crippen LogP contribution in [0.2, 0.25) is 0 Å². The van der Waals surface area contributed by atoms with Gasteiger partial charge in [-0.25, -0.2) is 4.79 Å². The number of hydrogen-bond donors (Lipinski definition) is 1. The minimum atomic E-state index is -1.40. The number of carbonyl (C=O) groups excluding carboxylic acids is 1. The maximum Gasteiger partial charge on any atom is 0.338 e. The predicted molar refractivity (Wildman–Crippen MR) is 72.8 cm³/mol. The van der Waals surface area contributed by atoms with Crippen molar-refractivity contribution in [2.45, 2.75) is 37.8 Å². The van der Waals surface area contributed by atoms with Gasteiger partial charge >= 0.3 is 5.97 Å². The number of carbonyl (C=O) groups is 1. The number of β-amino-alcohol motifs (C(OH)–C–C–N with tert-alkyl or cyclic N) is 1. The van der Waals surface area contributed by atoms with E-state index in [1.54, 1.807) is 0 Å². The van der Waals surface area contributed by atoms with Crippen molar-refractivity contribution in [1.82, 2.24) is 9.80 Å². The summed E-state index contributed by atoms with van der Waals surface area (Å²) in [6, 6.07) is 0.674.